The molecule has 1 nitrogen and oxygen atoms in total. The molecule has 0 aliphatic rings. The van der Waals surface area contributed by atoms with Crippen molar-refractivity contribution in [1.29, 1.82) is 0 Å². The van der Waals surface area contributed by atoms with Gasteiger partial charge < -0.3 is 4.43 Å². The third kappa shape index (κ3) is 4.87. The van der Waals surface area contributed by atoms with Gasteiger partial charge in [0, 0.05) is 15.9 Å². The molecule has 0 unspecified atom stereocenters. The van der Waals surface area contributed by atoms with Crippen LogP contribution in [-0.2, 0) is 4.43 Å². The van der Waals surface area contributed by atoms with Crippen molar-refractivity contribution in [2.75, 3.05) is 7.11 Å². The molecule has 0 radical (unpaired) electrons. The Hall–Kier alpha value is 0.394. The Balaban J connectivity index is 3.58. The Morgan fingerprint density at radius 1 is 1.33 bits per heavy atom. The van der Waals surface area contributed by atoms with E-state index in [1.54, 1.807) is 0 Å². The van der Waals surface area contributed by atoms with Gasteiger partial charge >= 0.3 is 0 Å². The summed E-state index contributed by atoms with van der Waals surface area (Å²) in [4.78, 5) is 0. The van der Waals surface area contributed by atoms with Gasteiger partial charge in [-0.3, -0.25) is 0 Å². The average Bonchev–Trinajstić information content (AvgIpc) is 1.63. The Bertz CT molecular complexity index is 81.1. The van der Waals surface area contributed by atoms with Gasteiger partial charge in [0.05, 0.1) is 0 Å². The lowest BCUT2D eigenvalue weighted by Gasteiger charge is -2.21. The summed E-state index contributed by atoms with van der Waals surface area (Å²) in [6.07, 6.45) is 0. The van der Waals surface area contributed by atoms with Gasteiger partial charge in [0.25, 0.3) is 0 Å². The molecule has 0 rings (SSSR count). The molecule has 9 heavy (non-hydrogen) atoms. The third-order valence-corrected chi connectivity index (χ3v) is 9.76. The highest BCUT2D eigenvalue weighted by Gasteiger charge is 2.21. The van der Waals surface area contributed by atoms with E-state index in [0.29, 0.717) is 0 Å². The van der Waals surface area contributed by atoms with Crippen molar-refractivity contribution in [3.05, 3.63) is 0 Å². The first-order chi connectivity index (χ1) is 3.98. The quantitative estimate of drug-likeness (QED) is 0.576. The van der Waals surface area contributed by atoms with Gasteiger partial charge in [-0.2, -0.15) is 0 Å². The molecular weight excluding hydrogens is 144 g/mol. The smallest absolute Gasteiger partial charge is 0.183 e. The van der Waals surface area contributed by atoms with E-state index in [0.717, 1.165) is 0 Å². The van der Waals surface area contributed by atoms with Crippen LogP contribution in [-0.4, -0.2) is 24.2 Å². The van der Waals surface area contributed by atoms with E-state index in [9.17, 15) is 0 Å². The lowest BCUT2D eigenvalue weighted by molar-refractivity contribution is 0.408. The van der Waals surface area contributed by atoms with Crippen molar-refractivity contribution in [1.82, 2.24) is 0 Å². The van der Waals surface area contributed by atoms with Crippen LogP contribution in [0.5, 0.6) is 0 Å². The zero-order valence-corrected chi connectivity index (χ0v) is 9.35. The van der Waals surface area contributed by atoms with Gasteiger partial charge in [-0.15, -0.1) is 0 Å². The van der Waals surface area contributed by atoms with Crippen molar-refractivity contribution in [2.45, 2.75) is 31.9 Å². The molecule has 0 amide bonds. The summed E-state index contributed by atoms with van der Waals surface area (Å²) in [5.74, 6) is 0. The minimum atomic E-state index is -1.18. The van der Waals surface area contributed by atoms with E-state index in [1.165, 1.54) is 5.67 Å². The summed E-state index contributed by atoms with van der Waals surface area (Å²) < 4.78 is 5.42. The van der Waals surface area contributed by atoms with E-state index in [2.05, 4.69) is 26.2 Å². The fourth-order valence-corrected chi connectivity index (χ4v) is 9.60. The molecular formula is C6H18OSi2. The fraction of sp³-hybridized carbons (Fsp3) is 1.00. The monoisotopic (exact) mass is 162 g/mol. The molecule has 0 spiro atoms. The SMILES string of the molecule is CO[Si](C)(C)C[SiH](C)C. The number of hydrogen-bond acceptors (Lipinski definition) is 1. The fourth-order valence-electron chi connectivity index (χ4n) is 1.07. The van der Waals surface area contributed by atoms with Crippen LogP contribution in [0.15, 0.2) is 0 Å². The zero-order valence-electron chi connectivity index (χ0n) is 7.19. The zero-order chi connectivity index (χ0) is 7.49. The first-order valence-corrected chi connectivity index (χ1v) is 9.77. The van der Waals surface area contributed by atoms with Crippen LogP contribution in [0.3, 0.4) is 0 Å². The number of rotatable bonds is 3. The van der Waals surface area contributed by atoms with Gasteiger partial charge in [0.1, 0.15) is 0 Å². The van der Waals surface area contributed by atoms with E-state index >= 15 is 0 Å². The largest absolute Gasteiger partial charge is 0.421 e. The first-order valence-electron chi connectivity index (χ1n) is 3.53. The minimum Gasteiger partial charge on any atom is -0.421 e. The lowest BCUT2D eigenvalue weighted by atomic mass is 11.7. The minimum absolute atomic E-state index is 0.376. The summed E-state index contributed by atoms with van der Waals surface area (Å²) in [5, 5.41) is 0. The van der Waals surface area contributed by atoms with Crippen LogP contribution in [0.1, 0.15) is 0 Å². The predicted molar refractivity (Wildman–Crippen MR) is 48.2 cm³/mol. The van der Waals surface area contributed by atoms with E-state index < -0.39 is 8.32 Å². The molecule has 0 aliphatic heterocycles. The van der Waals surface area contributed by atoms with E-state index in [1.807, 2.05) is 7.11 Å². The van der Waals surface area contributed by atoms with Gasteiger partial charge in [-0.25, -0.2) is 0 Å². The highest BCUT2D eigenvalue weighted by atomic mass is 28.4. The summed E-state index contributed by atoms with van der Waals surface area (Å²) in [5.41, 5.74) is 1.41. The maximum atomic E-state index is 5.42. The molecule has 0 bridgehead atoms. The van der Waals surface area contributed by atoms with Gasteiger partial charge in [0.15, 0.2) is 8.32 Å². The van der Waals surface area contributed by atoms with Crippen LogP contribution in [0.2, 0.25) is 31.9 Å². The average molecular weight is 162 g/mol. The first kappa shape index (κ1) is 9.39. The number of hydrogen-bond donors (Lipinski definition) is 0. The Morgan fingerprint density at radius 2 is 1.78 bits per heavy atom. The molecule has 0 aliphatic carbocycles. The molecule has 0 saturated carbocycles. The molecule has 0 N–H and O–H groups in total. The standard InChI is InChI=1S/C6H18OSi2/c1-7-9(4,5)6-8(2)3/h8H,6H2,1-5H3. The van der Waals surface area contributed by atoms with E-state index in [-0.39, 0.29) is 8.80 Å². The van der Waals surface area contributed by atoms with Crippen molar-refractivity contribution >= 4 is 17.1 Å². The Labute approximate surface area is 61.2 Å². The highest BCUT2D eigenvalue weighted by Crippen LogP contribution is 2.11. The van der Waals surface area contributed by atoms with Crippen molar-refractivity contribution in [3.63, 3.8) is 0 Å². The highest BCUT2D eigenvalue weighted by molar-refractivity contribution is 6.83. The third-order valence-electron chi connectivity index (χ3n) is 1.45. The Morgan fingerprint density at radius 3 is 1.89 bits per heavy atom. The van der Waals surface area contributed by atoms with Crippen molar-refractivity contribution in [3.8, 4) is 0 Å². The van der Waals surface area contributed by atoms with Crippen LogP contribution in [0, 0.1) is 0 Å². The van der Waals surface area contributed by atoms with Crippen LogP contribution < -0.4 is 0 Å². The molecule has 0 aromatic carbocycles. The second kappa shape index (κ2) is 3.53. The summed E-state index contributed by atoms with van der Waals surface area (Å²) in [6, 6.07) is 0. The lowest BCUT2D eigenvalue weighted by Crippen LogP contribution is -2.32. The van der Waals surface area contributed by atoms with Gasteiger partial charge in [-0.05, 0) is 18.8 Å². The topological polar surface area (TPSA) is 9.23 Å². The molecule has 0 aromatic heterocycles. The maximum absolute atomic E-state index is 5.42. The molecule has 0 heterocycles. The molecule has 0 fully saturated rings. The van der Waals surface area contributed by atoms with Crippen LogP contribution >= 0.6 is 0 Å². The molecule has 0 saturated heterocycles. The second-order valence-corrected chi connectivity index (χ2v) is 11.9. The van der Waals surface area contributed by atoms with Gasteiger partial charge in [0.2, 0.25) is 0 Å². The van der Waals surface area contributed by atoms with Crippen LogP contribution in [0.25, 0.3) is 0 Å². The predicted octanol–water partition coefficient (Wildman–Crippen LogP) is 1.86. The van der Waals surface area contributed by atoms with Crippen LogP contribution in [0.4, 0.5) is 0 Å². The second-order valence-electron chi connectivity index (χ2n) is 3.56. The summed E-state index contributed by atoms with van der Waals surface area (Å²) in [7, 11) is 0.295. The molecule has 3 heteroatoms. The Kier molecular flexibility index (Phi) is 3.69. The normalized spacial score (nSPS) is 12.7. The summed E-state index contributed by atoms with van der Waals surface area (Å²) >= 11 is 0. The maximum Gasteiger partial charge on any atom is 0.183 e. The van der Waals surface area contributed by atoms with E-state index in [4.69, 9.17) is 4.43 Å². The van der Waals surface area contributed by atoms with Gasteiger partial charge in [-0.1, -0.05) is 13.1 Å². The summed E-state index contributed by atoms with van der Waals surface area (Å²) in [6.45, 7) is 9.35. The van der Waals surface area contributed by atoms with Crippen molar-refractivity contribution < 1.29 is 4.43 Å². The molecule has 0 aromatic rings. The molecule has 0 atom stereocenters. The molecule has 56 valence electrons. The van der Waals surface area contributed by atoms with Crippen molar-refractivity contribution in [2.24, 2.45) is 0 Å².